The molecule has 23 heavy (non-hydrogen) atoms. The number of hydrogen-bond acceptors (Lipinski definition) is 11. The fraction of sp³-hybridized carbons (Fsp3) is 0.750. The van der Waals surface area contributed by atoms with E-state index >= 15 is 0 Å². The van der Waals surface area contributed by atoms with E-state index in [0.717, 1.165) is 0 Å². The Hall–Kier alpha value is -1.47. The summed E-state index contributed by atoms with van der Waals surface area (Å²) in [6, 6.07) is 0. The van der Waals surface area contributed by atoms with E-state index < -0.39 is 73.6 Å². The van der Waals surface area contributed by atoms with Gasteiger partial charge in [-0.2, -0.15) is 0 Å². The Bertz CT molecular complexity index is 476. The van der Waals surface area contributed by atoms with Crippen LogP contribution in [0.1, 0.15) is 0 Å². The Balaban J connectivity index is 2.16. The first-order chi connectivity index (χ1) is 10.8. The summed E-state index contributed by atoms with van der Waals surface area (Å²) in [4.78, 5) is 11.6. The largest absolute Gasteiger partial charge is 0.505 e. The Kier molecular flexibility index (Phi) is 5.41. The van der Waals surface area contributed by atoms with Crippen LogP contribution in [-0.4, -0.2) is 97.8 Å². The molecule has 2 heterocycles. The van der Waals surface area contributed by atoms with Crippen molar-refractivity contribution >= 4 is 5.97 Å². The van der Waals surface area contributed by atoms with E-state index in [2.05, 4.69) is 4.74 Å². The average molecular weight is 338 g/mol. The second-order valence-corrected chi connectivity index (χ2v) is 5.11. The number of aliphatic hydroxyl groups is 7. The number of ether oxygens (including phenoxy) is 3. The fourth-order valence-electron chi connectivity index (χ4n) is 2.20. The maximum absolute atomic E-state index is 11.6. The lowest BCUT2D eigenvalue weighted by molar-refractivity contribution is -0.291. The monoisotopic (exact) mass is 338 g/mol. The van der Waals surface area contributed by atoms with E-state index in [9.17, 15) is 30.3 Å². The van der Waals surface area contributed by atoms with Gasteiger partial charge in [0.1, 0.15) is 30.5 Å². The average Bonchev–Trinajstić information content (AvgIpc) is 2.82. The molecule has 0 bridgehead atoms. The lowest BCUT2D eigenvalue weighted by Crippen LogP contribution is -2.59. The van der Waals surface area contributed by atoms with Gasteiger partial charge in [-0.05, 0) is 0 Å². The molecular weight excluding hydrogens is 320 g/mol. The maximum atomic E-state index is 11.6. The van der Waals surface area contributed by atoms with Crippen LogP contribution in [-0.2, 0) is 19.0 Å². The molecule has 1 fully saturated rings. The molecular formula is C12H18O11. The van der Waals surface area contributed by atoms with Gasteiger partial charge in [-0.3, -0.25) is 0 Å². The first kappa shape index (κ1) is 17.9. The Morgan fingerprint density at radius 2 is 1.78 bits per heavy atom. The summed E-state index contributed by atoms with van der Waals surface area (Å²) in [6.07, 6.45) is -11.2. The number of rotatable bonds is 5. The van der Waals surface area contributed by atoms with Crippen LogP contribution in [0.25, 0.3) is 0 Å². The molecule has 132 valence electrons. The van der Waals surface area contributed by atoms with Crippen molar-refractivity contribution in [1.29, 1.82) is 0 Å². The van der Waals surface area contributed by atoms with Crippen molar-refractivity contribution in [2.45, 2.75) is 42.9 Å². The van der Waals surface area contributed by atoms with Crippen molar-refractivity contribution in [2.24, 2.45) is 0 Å². The molecule has 0 saturated carbocycles. The van der Waals surface area contributed by atoms with E-state index in [1.165, 1.54) is 0 Å². The van der Waals surface area contributed by atoms with E-state index in [1.54, 1.807) is 0 Å². The Labute approximate surface area is 129 Å². The number of aliphatic hydroxyl groups excluding tert-OH is 7. The number of cyclic esters (lactones) is 1. The summed E-state index contributed by atoms with van der Waals surface area (Å²) in [5.74, 6) is -2.79. The van der Waals surface area contributed by atoms with Gasteiger partial charge in [0.15, 0.2) is 11.9 Å². The Morgan fingerprint density at radius 3 is 2.35 bits per heavy atom. The van der Waals surface area contributed by atoms with Crippen LogP contribution in [0.5, 0.6) is 0 Å². The molecule has 2 rings (SSSR count). The second kappa shape index (κ2) is 6.97. The lowest BCUT2D eigenvalue weighted by atomic mass is 9.99. The van der Waals surface area contributed by atoms with Gasteiger partial charge in [0, 0.05) is 0 Å². The molecule has 0 aromatic carbocycles. The quantitative estimate of drug-likeness (QED) is 0.241. The maximum Gasteiger partial charge on any atom is 0.378 e. The van der Waals surface area contributed by atoms with Gasteiger partial charge >= 0.3 is 5.97 Å². The smallest absolute Gasteiger partial charge is 0.378 e. The third-order valence-electron chi connectivity index (χ3n) is 3.54. The van der Waals surface area contributed by atoms with E-state index in [4.69, 9.17) is 19.7 Å². The van der Waals surface area contributed by atoms with Gasteiger partial charge in [-0.1, -0.05) is 0 Å². The minimum absolute atomic E-state index is 0.702. The van der Waals surface area contributed by atoms with E-state index in [0.29, 0.717) is 0 Å². The zero-order valence-electron chi connectivity index (χ0n) is 11.7. The van der Waals surface area contributed by atoms with Crippen LogP contribution in [0.2, 0.25) is 0 Å². The van der Waals surface area contributed by atoms with Gasteiger partial charge in [0.25, 0.3) is 0 Å². The second-order valence-electron chi connectivity index (χ2n) is 5.11. The molecule has 0 aromatic rings. The molecule has 2 aliphatic heterocycles. The molecule has 0 aromatic heterocycles. The fourth-order valence-corrected chi connectivity index (χ4v) is 2.20. The van der Waals surface area contributed by atoms with Gasteiger partial charge in [0.05, 0.1) is 13.2 Å². The highest BCUT2D eigenvalue weighted by atomic mass is 16.7. The summed E-state index contributed by atoms with van der Waals surface area (Å²) in [5, 5.41) is 66.1. The van der Waals surface area contributed by atoms with Gasteiger partial charge < -0.3 is 50.0 Å². The highest BCUT2D eigenvalue weighted by Gasteiger charge is 2.48. The number of carbonyl (C=O) groups is 1. The number of hydrogen-bond donors (Lipinski definition) is 7. The van der Waals surface area contributed by atoms with Crippen LogP contribution in [0.15, 0.2) is 11.5 Å². The summed E-state index contributed by atoms with van der Waals surface area (Å²) >= 11 is 0. The minimum Gasteiger partial charge on any atom is -0.505 e. The normalized spacial score (nSPS) is 39.3. The third kappa shape index (κ3) is 3.26. The summed E-state index contributed by atoms with van der Waals surface area (Å²) in [7, 11) is 0. The predicted octanol–water partition coefficient (Wildman–Crippen LogP) is -4.15. The molecule has 0 radical (unpaired) electrons. The molecule has 7 atom stereocenters. The van der Waals surface area contributed by atoms with Crippen LogP contribution < -0.4 is 0 Å². The van der Waals surface area contributed by atoms with Gasteiger partial charge in [-0.15, -0.1) is 0 Å². The zero-order valence-corrected chi connectivity index (χ0v) is 11.7. The number of esters is 1. The third-order valence-corrected chi connectivity index (χ3v) is 3.54. The molecule has 11 nitrogen and oxygen atoms in total. The molecule has 7 N–H and O–H groups in total. The van der Waals surface area contributed by atoms with Gasteiger partial charge in [-0.25, -0.2) is 4.79 Å². The van der Waals surface area contributed by atoms with Crippen LogP contribution in [0.4, 0.5) is 0 Å². The van der Waals surface area contributed by atoms with Crippen molar-refractivity contribution < 1.29 is 54.8 Å². The van der Waals surface area contributed by atoms with Crippen molar-refractivity contribution in [1.82, 2.24) is 0 Å². The molecule has 1 unspecified atom stereocenters. The summed E-state index contributed by atoms with van der Waals surface area (Å²) in [6.45, 7) is -1.50. The molecule has 0 aliphatic carbocycles. The highest BCUT2D eigenvalue weighted by molar-refractivity contribution is 5.89. The predicted molar refractivity (Wildman–Crippen MR) is 67.5 cm³/mol. The summed E-state index contributed by atoms with van der Waals surface area (Å²) < 4.78 is 14.6. The lowest BCUT2D eigenvalue weighted by Gasteiger charge is -2.39. The van der Waals surface area contributed by atoms with Crippen LogP contribution in [0.3, 0.4) is 0 Å². The molecule has 0 amide bonds. The van der Waals surface area contributed by atoms with Gasteiger partial charge in [0.2, 0.25) is 12.0 Å². The zero-order chi connectivity index (χ0) is 17.3. The molecule has 0 spiro atoms. The van der Waals surface area contributed by atoms with Crippen molar-refractivity contribution in [3.8, 4) is 0 Å². The topological polar surface area (TPSA) is 186 Å². The van der Waals surface area contributed by atoms with E-state index in [1.807, 2.05) is 0 Å². The highest BCUT2D eigenvalue weighted by Crippen LogP contribution is 2.29. The van der Waals surface area contributed by atoms with Crippen molar-refractivity contribution in [2.75, 3.05) is 13.2 Å². The first-order valence-electron chi connectivity index (χ1n) is 6.72. The Morgan fingerprint density at radius 1 is 1.13 bits per heavy atom. The van der Waals surface area contributed by atoms with Crippen molar-refractivity contribution in [3.63, 3.8) is 0 Å². The van der Waals surface area contributed by atoms with Crippen molar-refractivity contribution in [3.05, 3.63) is 11.5 Å². The standard InChI is InChI=1S/C12H18O11/c13-1-3(15)9-8(19)10(11(20)22-9)23-12-7(18)6(17)5(16)4(2-14)21-12/h3-7,9,12-19H,1-2H2/t3-,4+,5+,6-,7+,9?,12-/m0/s1. The minimum atomic E-state index is -1.79. The SMILES string of the molecule is O=C1OC([C@@H](O)CO)C(O)=C1O[C@@H]1O[C@H](CO)[C@@H](O)[C@H](O)[C@H]1O. The van der Waals surface area contributed by atoms with Crippen LogP contribution in [0, 0.1) is 0 Å². The molecule has 1 saturated heterocycles. The number of carbonyl (C=O) groups excluding carboxylic acids is 1. The first-order valence-corrected chi connectivity index (χ1v) is 6.72. The van der Waals surface area contributed by atoms with Crippen LogP contribution >= 0.6 is 0 Å². The van der Waals surface area contributed by atoms with E-state index in [-0.39, 0.29) is 0 Å². The summed E-state index contributed by atoms with van der Waals surface area (Å²) in [5.41, 5.74) is 0. The molecule has 2 aliphatic rings. The molecule has 11 heteroatoms.